The Balaban J connectivity index is 2.08. The van der Waals surface area contributed by atoms with Gasteiger partial charge in [-0.15, -0.1) is 0 Å². The maximum Gasteiger partial charge on any atom is 0.00415 e. The minimum atomic E-state index is 0.521. The average Bonchev–Trinajstić information content (AvgIpc) is 2.31. The van der Waals surface area contributed by atoms with Crippen LogP contribution < -0.4 is 5.73 Å². The molecule has 2 N–H and O–H groups in total. The van der Waals surface area contributed by atoms with E-state index in [4.69, 9.17) is 5.73 Å². The molecule has 1 aliphatic carbocycles. The zero-order valence-corrected chi connectivity index (χ0v) is 7.84. The van der Waals surface area contributed by atoms with Crippen molar-refractivity contribution in [1.82, 2.24) is 0 Å². The average molecular weight is 155 g/mol. The van der Waals surface area contributed by atoms with E-state index in [2.05, 4.69) is 13.8 Å². The molecule has 0 saturated heterocycles. The molecule has 0 aromatic rings. The Bertz CT molecular complexity index is 109. The minimum Gasteiger partial charge on any atom is -0.328 e. The maximum absolute atomic E-state index is 5.83. The van der Waals surface area contributed by atoms with Crippen molar-refractivity contribution in [3.63, 3.8) is 0 Å². The minimum absolute atomic E-state index is 0.521. The van der Waals surface area contributed by atoms with Gasteiger partial charge >= 0.3 is 0 Å². The van der Waals surface area contributed by atoms with Gasteiger partial charge in [0.05, 0.1) is 0 Å². The van der Waals surface area contributed by atoms with Gasteiger partial charge in [0.25, 0.3) is 0 Å². The largest absolute Gasteiger partial charge is 0.328 e. The summed E-state index contributed by atoms with van der Waals surface area (Å²) in [6.07, 6.45) is 6.73. The number of rotatable bonds is 3. The fraction of sp³-hybridized carbons (Fsp3) is 1.00. The molecule has 0 radical (unpaired) electrons. The molecule has 1 heteroatoms. The van der Waals surface area contributed by atoms with Crippen molar-refractivity contribution in [2.75, 3.05) is 0 Å². The van der Waals surface area contributed by atoms with Gasteiger partial charge in [0.2, 0.25) is 0 Å². The quantitative estimate of drug-likeness (QED) is 0.666. The molecule has 0 aromatic carbocycles. The van der Waals surface area contributed by atoms with Crippen LogP contribution in [0.2, 0.25) is 0 Å². The van der Waals surface area contributed by atoms with Crippen molar-refractivity contribution in [2.24, 2.45) is 17.6 Å². The van der Waals surface area contributed by atoms with E-state index in [0.717, 1.165) is 11.8 Å². The van der Waals surface area contributed by atoms with Crippen LogP contribution in [-0.2, 0) is 0 Å². The van der Waals surface area contributed by atoms with Crippen molar-refractivity contribution in [2.45, 2.75) is 52.0 Å². The van der Waals surface area contributed by atoms with Crippen LogP contribution in [0.1, 0.15) is 46.0 Å². The molecule has 0 aliphatic heterocycles. The highest BCUT2D eigenvalue weighted by molar-refractivity contribution is 4.77. The van der Waals surface area contributed by atoms with Gasteiger partial charge in [-0.2, -0.15) is 0 Å². The van der Waals surface area contributed by atoms with Crippen LogP contribution in [-0.4, -0.2) is 6.04 Å². The topological polar surface area (TPSA) is 26.0 Å². The Kier molecular flexibility index (Phi) is 3.38. The third-order valence-corrected chi connectivity index (χ3v) is 2.73. The van der Waals surface area contributed by atoms with Gasteiger partial charge in [-0.25, -0.2) is 0 Å². The molecule has 1 rings (SSSR count). The van der Waals surface area contributed by atoms with Gasteiger partial charge in [0, 0.05) is 6.04 Å². The standard InChI is InChI=1S/C10H21N/c1-8(2)3-4-9-5-6-10(11)7-9/h8-10H,3-7,11H2,1-2H3. The van der Waals surface area contributed by atoms with Crippen molar-refractivity contribution in [1.29, 1.82) is 0 Å². The summed E-state index contributed by atoms with van der Waals surface area (Å²) < 4.78 is 0. The highest BCUT2D eigenvalue weighted by Gasteiger charge is 2.21. The molecule has 2 unspecified atom stereocenters. The second-order valence-electron chi connectivity index (χ2n) is 4.41. The lowest BCUT2D eigenvalue weighted by Gasteiger charge is -2.10. The van der Waals surface area contributed by atoms with E-state index in [1.54, 1.807) is 0 Å². The third-order valence-electron chi connectivity index (χ3n) is 2.73. The lowest BCUT2D eigenvalue weighted by atomic mass is 9.97. The summed E-state index contributed by atoms with van der Waals surface area (Å²) >= 11 is 0. The predicted molar refractivity (Wildman–Crippen MR) is 49.4 cm³/mol. The van der Waals surface area contributed by atoms with E-state index in [1.807, 2.05) is 0 Å². The van der Waals surface area contributed by atoms with Crippen molar-refractivity contribution in [3.8, 4) is 0 Å². The first-order valence-electron chi connectivity index (χ1n) is 4.94. The maximum atomic E-state index is 5.83. The molecule has 1 nitrogen and oxygen atoms in total. The Morgan fingerprint density at radius 2 is 2.09 bits per heavy atom. The van der Waals surface area contributed by atoms with Crippen LogP contribution in [0.3, 0.4) is 0 Å². The summed E-state index contributed by atoms with van der Waals surface area (Å²) in [5.41, 5.74) is 5.83. The molecule has 0 heterocycles. The van der Waals surface area contributed by atoms with Crippen LogP contribution in [0.5, 0.6) is 0 Å². The van der Waals surface area contributed by atoms with Crippen molar-refractivity contribution in [3.05, 3.63) is 0 Å². The summed E-state index contributed by atoms with van der Waals surface area (Å²) in [6, 6.07) is 0.521. The first-order chi connectivity index (χ1) is 5.18. The SMILES string of the molecule is CC(C)CCC1CCC(N)C1. The first-order valence-corrected chi connectivity index (χ1v) is 4.94. The molecular formula is C10H21N. The monoisotopic (exact) mass is 155 g/mol. The Morgan fingerprint density at radius 1 is 1.36 bits per heavy atom. The van der Waals surface area contributed by atoms with E-state index < -0.39 is 0 Å². The molecule has 0 bridgehead atoms. The molecule has 1 fully saturated rings. The van der Waals surface area contributed by atoms with Crippen molar-refractivity contribution < 1.29 is 0 Å². The summed E-state index contributed by atoms with van der Waals surface area (Å²) in [5, 5.41) is 0. The third kappa shape index (κ3) is 3.24. The summed E-state index contributed by atoms with van der Waals surface area (Å²) in [6.45, 7) is 4.60. The van der Waals surface area contributed by atoms with E-state index in [1.165, 1.54) is 32.1 Å². The second-order valence-corrected chi connectivity index (χ2v) is 4.41. The summed E-state index contributed by atoms with van der Waals surface area (Å²) in [4.78, 5) is 0. The van der Waals surface area contributed by atoms with Gasteiger partial charge in [-0.3, -0.25) is 0 Å². The Labute approximate surface area is 70.4 Å². The molecule has 11 heavy (non-hydrogen) atoms. The smallest absolute Gasteiger partial charge is 0.00415 e. The van der Waals surface area contributed by atoms with Gasteiger partial charge in [-0.1, -0.05) is 26.7 Å². The molecule has 0 aromatic heterocycles. The molecule has 66 valence electrons. The second kappa shape index (κ2) is 4.10. The molecule has 0 spiro atoms. The molecule has 2 atom stereocenters. The highest BCUT2D eigenvalue weighted by atomic mass is 14.6. The Hall–Kier alpha value is -0.0400. The van der Waals surface area contributed by atoms with Crippen molar-refractivity contribution >= 4 is 0 Å². The number of hydrogen-bond donors (Lipinski definition) is 1. The zero-order valence-electron chi connectivity index (χ0n) is 7.84. The van der Waals surface area contributed by atoms with Crippen LogP contribution in [0, 0.1) is 11.8 Å². The molecule has 1 saturated carbocycles. The van der Waals surface area contributed by atoms with E-state index in [-0.39, 0.29) is 0 Å². The predicted octanol–water partition coefficient (Wildman–Crippen LogP) is 2.55. The Morgan fingerprint density at radius 3 is 2.55 bits per heavy atom. The first kappa shape index (κ1) is 9.05. The van der Waals surface area contributed by atoms with E-state index in [0.29, 0.717) is 6.04 Å². The summed E-state index contributed by atoms with van der Waals surface area (Å²) in [5.74, 6) is 1.82. The molecule has 0 amide bonds. The lowest BCUT2D eigenvalue weighted by Crippen LogP contribution is -2.14. The van der Waals surface area contributed by atoms with Gasteiger partial charge in [0.1, 0.15) is 0 Å². The van der Waals surface area contributed by atoms with E-state index >= 15 is 0 Å². The lowest BCUT2D eigenvalue weighted by molar-refractivity contribution is 0.428. The summed E-state index contributed by atoms with van der Waals surface area (Å²) in [7, 11) is 0. The molecular weight excluding hydrogens is 134 g/mol. The highest BCUT2D eigenvalue weighted by Crippen LogP contribution is 2.28. The van der Waals surface area contributed by atoms with Crippen LogP contribution >= 0.6 is 0 Å². The fourth-order valence-corrected chi connectivity index (χ4v) is 1.94. The van der Waals surface area contributed by atoms with Crippen LogP contribution in [0.4, 0.5) is 0 Å². The van der Waals surface area contributed by atoms with Gasteiger partial charge in [0.15, 0.2) is 0 Å². The van der Waals surface area contributed by atoms with E-state index in [9.17, 15) is 0 Å². The number of nitrogens with two attached hydrogens (primary N) is 1. The van der Waals surface area contributed by atoms with Gasteiger partial charge < -0.3 is 5.73 Å². The van der Waals surface area contributed by atoms with Gasteiger partial charge in [-0.05, 0) is 31.1 Å². The van der Waals surface area contributed by atoms with Crippen LogP contribution in [0.25, 0.3) is 0 Å². The number of hydrogen-bond acceptors (Lipinski definition) is 1. The zero-order chi connectivity index (χ0) is 8.27. The normalized spacial score (nSPS) is 31.6. The fourth-order valence-electron chi connectivity index (χ4n) is 1.94. The molecule has 1 aliphatic rings. The van der Waals surface area contributed by atoms with Crippen LogP contribution in [0.15, 0.2) is 0 Å².